The number of piperidine rings is 1. The lowest BCUT2D eigenvalue weighted by Gasteiger charge is -2.31. The third-order valence-electron chi connectivity index (χ3n) is 3.69. The smallest absolute Gasteiger partial charge is 0.243 e. The Morgan fingerprint density at radius 2 is 2.00 bits per heavy atom. The maximum Gasteiger partial charge on any atom is 0.243 e. The molecule has 19 heavy (non-hydrogen) atoms. The van der Waals surface area contributed by atoms with E-state index in [0.29, 0.717) is 23.9 Å². The molecule has 0 atom stereocenters. The van der Waals surface area contributed by atoms with Crippen molar-refractivity contribution in [1.29, 1.82) is 0 Å². The summed E-state index contributed by atoms with van der Waals surface area (Å²) in [4.78, 5) is 0.416. The Kier molecular flexibility index (Phi) is 4.60. The minimum Gasteiger partial charge on any atom is -0.319 e. The molecule has 1 aromatic rings. The van der Waals surface area contributed by atoms with Gasteiger partial charge in [-0.25, -0.2) is 8.42 Å². The van der Waals surface area contributed by atoms with E-state index in [1.807, 2.05) is 20.0 Å². The van der Waals surface area contributed by atoms with E-state index in [9.17, 15) is 8.42 Å². The van der Waals surface area contributed by atoms with Gasteiger partial charge in [0.15, 0.2) is 0 Å². The number of aryl methyl sites for hydroxylation is 1. The molecule has 0 amide bonds. The van der Waals surface area contributed by atoms with Crippen LogP contribution in [0.15, 0.2) is 29.2 Å². The summed E-state index contributed by atoms with van der Waals surface area (Å²) < 4.78 is 26.6. The van der Waals surface area contributed by atoms with Crippen LogP contribution in [-0.4, -0.2) is 39.4 Å². The second-order valence-electron chi connectivity index (χ2n) is 5.22. The molecule has 106 valence electrons. The van der Waals surface area contributed by atoms with E-state index in [1.54, 1.807) is 22.5 Å². The normalized spacial score (nSPS) is 18.6. The molecular formula is C14H22N2O2S. The molecule has 4 nitrogen and oxygen atoms in total. The average Bonchev–Trinajstić information content (AvgIpc) is 2.40. The zero-order valence-corrected chi connectivity index (χ0v) is 12.4. The van der Waals surface area contributed by atoms with Crippen molar-refractivity contribution in [3.05, 3.63) is 29.8 Å². The number of nitrogens with one attached hydrogen (secondary N) is 1. The van der Waals surface area contributed by atoms with Crippen LogP contribution in [0.2, 0.25) is 0 Å². The molecule has 1 aliphatic heterocycles. The van der Waals surface area contributed by atoms with Crippen LogP contribution in [0.25, 0.3) is 0 Å². The van der Waals surface area contributed by atoms with Crippen LogP contribution in [0.3, 0.4) is 0 Å². The van der Waals surface area contributed by atoms with Crippen molar-refractivity contribution in [2.24, 2.45) is 5.92 Å². The van der Waals surface area contributed by atoms with Gasteiger partial charge in [0, 0.05) is 13.1 Å². The fraction of sp³-hybridized carbons (Fsp3) is 0.571. The Labute approximate surface area is 115 Å². The fourth-order valence-corrected chi connectivity index (χ4v) is 4.14. The molecule has 1 N–H and O–H groups in total. The molecule has 1 saturated heterocycles. The molecule has 5 heteroatoms. The first-order valence-electron chi connectivity index (χ1n) is 6.75. The van der Waals surface area contributed by atoms with Crippen molar-refractivity contribution in [3.8, 4) is 0 Å². The minimum atomic E-state index is -3.31. The van der Waals surface area contributed by atoms with E-state index in [0.717, 1.165) is 24.9 Å². The predicted octanol–water partition coefficient (Wildman–Crippen LogP) is 1.62. The van der Waals surface area contributed by atoms with Gasteiger partial charge in [0.2, 0.25) is 10.0 Å². The molecule has 2 rings (SSSR count). The Balaban J connectivity index is 2.10. The van der Waals surface area contributed by atoms with Gasteiger partial charge in [0.1, 0.15) is 0 Å². The highest BCUT2D eigenvalue weighted by Gasteiger charge is 2.28. The van der Waals surface area contributed by atoms with Gasteiger partial charge in [-0.1, -0.05) is 12.1 Å². The summed E-state index contributed by atoms with van der Waals surface area (Å²) in [5.41, 5.74) is 0.978. The quantitative estimate of drug-likeness (QED) is 0.913. The van der Waals surface area contributed by atoms with Crippen LogP contribution in [-0.2, 0) is 10.0 Å². The van der Waals surface area contributed by atoms with E-state index >= 15 is 0 Å². The van der Waals surface area contributed by atoms with Crippen molar-refractivity contribution >= 4 is 10.0 Å². The number of benzene rings is 1. The Bertz CT molecular complexity index is 520. The Morgan fingerprint density at radius 1 is 1.32 bits per heavy atom. The van der Waals surface area contributed by atoms with Crippen LogP contribution < -0.4 is 5.32 Å². The molecular weight excluding hydrogens is 260 g/mol. The second kappa shape index (κ2) is 6.03. The molecule has 1 aromatic carbocycles. The van der Waals surface area contributed by atoms with Gasteiger partial charge in [0.05, 0.1) is 4.90 Å². The van der Waals surface area contributed by atoms with Crippen LogP contribution in [0.1, 0.15) is 18.4 Å². The van der Waals surface area contributed by atoms with Crippen LogP contribution in [0.5, 0.6) is 0 Å². The SMILES string of the molecule is CNCC1CCN(S(=O)(=O)c2cccc(C)c2)CC1. The number of nitrogens with zero attached hydrogens (tertiary/aromatic N) is 1. The van der Waals surface area contributed by atoms with Crippen LogP contribution >= 0.6 is 0 Å². The third kappa shape index (κ3) is 3.35. The fourth-order valence-electron chi connectivity index (χ4n) is 2.57. The summed E-state index contributed by atoms with van der Waals surface area (Å²) in [6.45, 7) is 4.14. The van der Waals surface area contributed by atoms with Gasteiger partial charge in [-0.3, -0.25) is 0 Å². The Hall–Kier alpha value is -0.910. The number of hydrogen-bond donors (Lipinski definition) is 1. The van der Waals surface area contributed by atoms with E-state index < -0.39 is 10.0 Å². The van der Waals surface area contributed by atoms with E-state index in [4.69, 9.17) is 0 Å². The molecule has 0 saturated carbocycles. The topological polar surface area (TPSA) is 49.4 Å². The van der Waals surface area contributed by atoms with Gasteiger partial charge in [-0.15, -0.1) is 0 Å². The van der Waals surface area contributed by atoms with Crippen LogP contribution in [0, 0.1) is 12.8 Å². The van der Waals surface area contributed by atoms with E-state index in [-0.39, 0.29) is 0 Å². The molecule has 1 fully saturated rings. The summed E-state index contributed by atoms with van der Waals surface area (Å²) in [6, 6.07) is 7.14. The highest BCUT2D eigenvalue weighted by molar-refractivity contribution is 7.89. The molecule has 1 heterocycles. The zero-order chi connectivity index (χ0) is 13.9. The number of rotatable bonds is 4. The summed E-state index contributed by atoms with van der Waals surface area (Å²) in [5, 5.41) is 3.16. The van der Waals surface area contributed by atoms with Gasteiger partial charge in [-0.05, 0) is 57.0 Å². The van der Waals surface area contributed by atoms with Gasteiger partial charge in [0.25, 0.3) is 0 Å². The molecule has 0 bridgehead atoms. The molecule has 1 aliphatic rings. The first-order chi connectivity index (χ1) is 9.04. The van der Waals surface area contributed by atoms with Crippen molar-refractivity contribution in [1.82, 2.24) is 9.62 Å². The zero-order valence-electron chi connectivity index (χ0n) is 11.6. The summed E-state index contributed by atoms with van der Waals surface area (Å²) in [7, 11) is -1.37. The monoisotopic (exact) mass is 282 g/mol. The van der Waals surface area contributed by atoms with Crippen molar-refractivity contribution < 1.29 is 8.42 Å². The summed E-state index contributed by atoms with van der Waals surface area (Å²) in [5.74, 6) is 0.592. The molecule has 0 radical (unpaired) electrons. The third-order valence-corrected chi connectivity index (χ3v) is 5.59. The number of hydrogen-bond acceptors (Lipinski definition) is 3. The largest absolute Gasteiger partial charge is 0.319 e. The lowest BCUT2D eigenvalue weighted by Crippen LogP contribution is -2.40. The van der Waals surface area contributed by atoms with E-state index in [1.165, 1.54) is 0 Å². The van der Waals surface area contributed by atoms with Gasteiger partial charge >= 0.3 is 0 Å². The summed E-state index contributed by atoms with van der Waals surface area (Å²) in [6.07, 6.45) is 1.87. The first-order valence-corrected chi connectivity index (χ1v) is 8.19. The maximum absolute atomic E-state index is 12.5. The predicted molar refractivity (Wildman–Crippen MR) is 76.6 cm³/mol. The highest BCUT2D eigenvalue weighted by Crippen LogP contribution is 2.23. The van der Waals surface area contributed by atoms with Crippen molar-refractivity contribution in [3.63, 3.8) is 0 Å². The van der Waals surface area contributed by atoms with Crippen molar-refractivity contribution in [2.75, 3.05) is 26.7 Å². The standard InChI is InChI=1S/C14H22N2O2S/c1-12-4-3-5-14(10-12)19(17,18)16-8-6-13(7-9-16)11-15-2/h3-5,10,13,15H,6-9,11H2,1-2H3. The van der Waals surface area contributed by atoms with Gasteiger partial charge < -0.3 is 5.32 Å². The lowest BCUT2D eigenvalue weighted by atomic mass is 9.98. The highest BCUT2D eigenvalue weighted by atomic mass is 32.2. The molecule has 0 spiro atoms. The molecule has 0 aromatic heterocycles. The first kappa shape index (κ1) is 14.5. The number of sulfonamides is 1. The minimum absolute atomic E-state index is 0.416. The van der Waals surface area contributed by atoms with Crippen molar-refractivity contribution in [2.45, 2.75) is 24.7 Å². The summed E-state index contributed by atoms with van der Waals surface area (Å²) >= 11 is 0. The lowest BCUT2D eigenvalue weighted by molar-refractivity contribution is 0.270. The van der Waals surface area contributed by atoms with E-state index in [2.05, 4.69) is 5.32 Å². The second-order valence-corrected chi connectivity index (χ2v) is 7.16. The average molecular weight is 282 g/mol. The van der Waals surface area contributed by atoms with Gasteiger partial charge in [-0.2, -0.15) is 4.31 Å². The maximum atomic E-state index is 12.5. The molecule has 0 aliphatic carbocycles. The molecule has 0 unspecified atom stereocenters. The Morgan fingerprint density at radius 3 is 2.58 bits per heavy atom. The van der Waals surface area contributed by atoms with Crippen LogP contribution in [0.4, 0.5) is 0 Å².